The van der Waals surface area contributed by atoms with Gasteiger partial charge in [0.1, 0.15) is 10.7 Å². The monoisotopic (exact) mass is 211 g/mol. The predicted molar refractivity (Wildman–Crippen MR) is 59.6 cm³/mol. The maximum Gasteiger partial charge on any atom is 0.129 e. The Hall–Kier alpha value is -1.13. The smallest absolute Gasteiger partial charge is 0.129 e. The summed E-state index contributed by atoms with van der Waals surface area (Å²) in [5.74, 6) is 0.692. The summed E-state index contributed by atoms with van der Waals surface area (Å²) in [5.41, 5.74) is 7.34. The minimum absolute atomic E-state index is 0.333. The van der Waals surface area contributed by atoms with Crippen LogP contribution >= 0.6 is 12.2 Å². The summed E-state index contributed by atoms with van der Waals surface area (Å²) < 4.78 is 10.1. The van der Waals surface area contributed by atoms with E-state index >= 15 is 0 Å². The third-order valence-corrected chi connectivity index (χ3v) is 2.06. The molecule has 0 amide bonds. The molecule has 0 heterocycles. The second-order valence-corrected chi connectivity index (χ2v) is 3.27. The van der Waals surface area contributed by atoms with Crippen molar-refractivity contribution in [3.8, 4) is 5.75 Å². The van der Waals surface area contributed by atoms with Gasteiger partial charge in [0.15, 0.2) is 0 Å². The molecule has 0 aliphatic rings. The van der Waals surface area contributed by atoms with Gasteiger partial charge in [-0.3, -0.25) is 0 Å². The standard InChI is InChI=1S/C10H13NO2S/c1-12-6-7-3-4-9(13-2)8(5-7)10(11)14/h3-5H,6H2,1-2H3,(H2,11,14). The van der Waals surface area contributed by atoms with Crippen LogP contribution < -0.4 is 10.5 Å². The Kier molecular flexibility index (Phi) is 3.85. The highest BCUT2D eigenvalue weighted by molar-refractivity contribution is 7.80. The van der Waals surface area contributed by atoms with Crippen molar-refractivity contribution in [3.63, 3.8) is 0 Å². The van der Waals surface area contributed by atoms with Crippen LogP contribution in [-0.2, 0) is 11.3 Å². The number of nitrogens with two attached hydrogens (primary N) is 1. The van der Waals surface area contributed by atoms with Crippen LogP contribution in [0.3, 0.4) is 0 Å². The molecule has 0 unspecified atom stereocenters. The number of rotatable bonds is 4. The minimum Gasteiger partial charge on any atom is -0.496 e. The van der Waals surface area contributed by atoms with Crippen molar-refractivity contribution >= 4 is 17.2 Å². The van der Waals surface area contributed by atoms with Gasteiger partial charge in [-0.05, 0) is 17.7 Å². The lowest BCUT2D eigenvalue weighted by Crippen LogP contribution is -2.11. The molecule has 1 aromatic carbocycles. The van der Waals surface area contributed by atoms with Crippen molar-refractivity contribution < 1.29 is 9.47 Å². The van der Waals surface area contributed by atoms with Crippen LogP contribution in [0.25, 0.3) is 0 Å². The summed E-state index contributed by atoms with van der Waals surface area (Å²) in [4.78, 5) is 0.333. The quantitative estimate of drug-likeness (QED) is 0.766. The van der Waals surface area contributed by atoms with E-state index in [4.69, 9.17) is 27.4 Å². The number of benzene rings is 1. The molecule has 14 heavy (non-hydrogen) atoms. The van der Waals surface area contributed by atoms with Crippen LogP contribution in [0.5, 0.6) is 5.75 Å². The molecule has 0 saturated carbocycles. The molecule has 4 heteroatoms. The van der Waals surface area contributed by atoms with Crippen LogP contribution in [0.2, 0.25) is 0 Å². The van der Waals surface area contributed by atoms with E-state index in [-0.39, 0.29) is 0 Å². The third-order valence-electron chi connectivity index (χ3n) is 1.84. The fraction of sp³-hybridized carbons (Fsp3) is 0.300. The first-order valence-corrected chi connectivity index (χ1v) is 4.55. The first-order valence-electron chi connectivity index (χ1n) is 4.14. The fourth-order valence-corrected chi connectivity index (χ4v) is 1.36. The van der Waals surface area contributed by atoms with Crippen LogP contribution in [0.15, 0.2) is 18.2 Å². The Morgan fingerprint density at radius 1 is 1.43 bits per heavy atom. The van der Waals surface area contributed by atoms with E-state index in [1.165, 1.54) is 0 Å². The second-order valence-electron chi connectivity index (χ2n) is 2.83. The highest BCUT2D eigenvalue weighted by atomic mass is 32.1. The molecule has 0 fully saturated rings. The van der Waals surface area contributed by atoms with Gasteiger partial charge in [0.25, 0.3) is 0 Å². The summed E-state index contributed by atoms with van der Waals surface area (Å²) in [7, 11) is 3.23. The SMILES string of the molecule is COCc1ccc(OC)c(C(N)=S)c1. The van der Waals surface area contributed by atoms with Crippen LogP contribution in [0, 0.1) is 0 Å². The van der Waals surface area contributed by atoms with E-state index in [0.717, 1.165) is 11.1 Å². The first-order chi connectivity index (χ1) is 6.69. The minimum atomic E-state index is 0.333. The lowest BCUT2D eigenvalue weighted by molar-refractivity contribution is 0.185. The topological polar surface area (TPSA) is 44.5 Å². The van der Waals surface area contributed by atoms with E-state index in [1.54, 1.807) is 14.2 Å². The van der Waals surface area contributed by atoms with Crippen molar-refractivity contribution in [3.05, 3.63) is 29.3 Å². The van der Waals surface area contributed by atoms with E-state index in [2.05, 4.69) is 0 Å². The molecule has 1 rings (SSSR count). The number of hydrogen-bond donors (Lipinski definition) is 1. The van der Waals surface area contributed by atoms with Gasteiger partial charge in [0.05, 0.1) is 19.3 Å². The molecule has 3 nitrogen and oxygen atoms in total. The van der Waals surface area contributed by atoms with Gasteiger partial charge >= 0.3 is 0 Å². The Balaban J connectivity index is 3.07. The molecule has 1 aromatic rings. The molecule has 2 N–H and O–H groups in total. The Bertz CT molecular complexity index is 339. The molecular weight excluding hydrogens is 198 g/mol. The molecule has 0 spiro atoms. The molecule has 76 valence electrons. The lowest BCUT2D eigenvalue weighted by atomic mass is 10.1. The van der Waals surface area contributed by atoms with Gasteiger partial charge in [-0.2, -0.15) is 0 Å². The van der Waals surface area contributed by atoms with Gasteiger partial charge in [0.2, 0.25) is 0 Å². The summed E-state index contributed by atoms with van der Waals surface area (Å²) in [5, 5.41) is 0. The van der Waals surface area contributed by atoms with Gasteiger partial charge in [-0.15, -0.1) is 0 Å². The van der Waals surface area contributed by atoms with Crippen LogP contribution in [0.4, 0.5) is 0 Å². The summed E-state index contributed by atoms with van der Waals surface area (Å²) >= 11 is 4.92. The first kappa shape index (κ1) is 10.9. The van der Waals surface area contributed by atoms with E-state index < -0.39 is 0 Å². The van der Waals surface area contributed by atoms with Gasteiger partial charge in [-0.1, -0.05) is 18.3 Å². The fourth-order valence-electron chi connectivity index (χ4n) is 1.20. The number of thiocarbonyl (C=S) groups is 1. The van der Waals surface area contributed by atoms with Crippen LogP contribution in [-0.4, -0.2) is 19.2 Å². The molecule has 0 radical (unpaired) electrons. The van der Waals surface area contributed by atoms with Gasteiger partial charge < -0.3 is 15.2 Å². The van der Waals surface area contributed by atoms with Crippen molar-refractivity contribution in [2.75, 3.05) is 14.2 Å². The summed E-state index contributed by atoms with van der Waals surface area (Å²) in [6, 6.07) is 5.64. The van der Waals surface area contributed by atoms with Gasteiger partial charge in [-0.25, -0.2) is 0 Å². The second kappa shape index (κ2) is 4.93. The zero-order valence-electron chi connectivity index (χ0n) is 8.24. The average molecular weight is 211 g/mol. The molecule has 0 aromatic heterocycles. The van der Waals surface area contributed by atoms with Crippen molar-refractivity contribution in [2.45, 2.75) is 6.61 Å². The maximum absolute atomic E-state index is 5.57. The summed E-state index contributed by atoms with van der Waals surface area (Å²) in [6.07, 6.45) is 0. The predicted octanol–water partition coefficient (Wildman–Crippen LogP) is 1.48. The molecular formula is C10H13NO2S. The zero-order valence-corrected chi connectivity index (χ0v) is 9.06. The maximum atomic E-state index is 5.57. The Labute approximate surface area is 88.8 Å². The molecule has 0 aliphatic heterocycles. The van der Waals surface area contributed by atoms with Crippen LogP contribution in [0.1, 0.15) is 11.1 Å². The Morgan fingerprint density at radius 3 is 2.64 bits per heavy atom. The van der Waals surface area contributed by atoms with E-state index in [9.17, 15) is 0 Å². The third kappa shape index (κ3) is 2.43. The highest BCUT2D eigenvalue weighted by Crippen LogP contribution is 2.19. The molecule has 0 atom stereocenters. The molecule has 0 bridgehead atoms. The zero-order chi connectivity index (χ0) is 10.6. The summed E-state index contributed by atoms with van der Waals surface area (Å²) in [6.45, 7) is 0.541. The average Bonchev–Trinajstić information content (AvgIpc) is 2.18. The van der Waals surface area contributed by atoms with Crippen molar-refractivity contribution in [2.24, 2.45) is 5.73 Å². The highest BCUT2D eigenvalue weighted by Gasteiger charge is 2.06. The van der Waals surface area contributed by atoms with E-state index in [1.807, 2.05) is 18.2 Å². The van der Waals surface area contributed by atoms with E-state index in [0.29, 0.717) is 17.3 Å². The molecule has 0 aliphatic carbocycles. The molecule has 0 saturated heterocycles. The Morgan fingerprint density at radius 2 is 2.14 bits per heavy atom. The number of methoxy groups -OCH3 is 2. The van der Waals surface area contributed by atoms with Crippen molar-refractivity contribution in [1.29, 1.82) is 0 Å². The largest absolute Gasteiger partial charge is 0.496 e. The van der Waals surface area contributed by atoms with Gasteiger partial charge in [0, 0.05) is 7.11 Å². The lowest BCUT2D eigenvalue weighted by Gasteiger charge is -2.08. The normalized spacial score (nSPS) is 9.86. The van der Waals surface area contributed by atoms with Crippen molar-refractivity contribution in [1.82, 2.24) is 0 Å². The number of ether oxygens (including phenoxy) is 2. The number of hydrogen-bond acceptors (Lipinski definition) is 3.